The molecule has 0 aromatic heterocycles. The van der Waals surface area contributed by atoms with E-state index in [1.165, 1.54) is 12.0 Å². The molecular formula is C11H22FN3O2. The predicted octanol–water partition coefficient (Wildman–Crippen LogP) is -0.364. The fraction of sp³-hybridized carbons (Fsp3) is 0.909. The molecule has 5 nitrogen and oxygen atoms in total. The zero-order chi connectivity index (χ0) is 13.0. The quantitative estimate of drug-likeness (QED) is 0.710. The molecule has 17 heavy (non-hydrogen) atoms. The summed E-state index contributed by atoms with van der Waals surface area (Å²) in [6.45, 7) is 2.34. The first-order valence-corrected chi connectivity index (χ1v) is 5.92. The van der Waals surface area contributed by atoms with Crippen LogP contribution in [0.1, 0.15) is 19.8 Å². The Morgan fingerprint density at radius 3 is 2.71 bits per heavy atom. The Kier molecular flexibility index (Phi) is 5.30. The second kappa shape index (κ2) is 6.28. The van der Waals surface area contributed by atoms with Gasteiger partial charge in [-0.2, -0.15) is 0 Å². The van der Waals surface area contributed by atoms with Gasteiger partial charge in [-0.3, -0.25) is 4.79 Å². The van der Waals surface area contributed by atoms with Crippen molar-refractivity contribution < 1.29 is 13.9 Å². The van der Waals surface area contributed by atoms with Crippen molar-refractivity contribution in [3.8, 4) is 0 Å². The van der Waals surface area contributed by atoms with Gasteiger partial charge in [-0.15, -0.1) is 0 Å². The van der Waals surface area contributed by atoms with Crippen molar-refractivity contribution in [3.05, 3.63) is 0 Å². The monoisotopic (exact) mass is 247 g/mol. The molecule has 0 saturated carbocycles. The first-order chi connectivity index (χ1) is 7.95. The lowest BCUT2D eigenvalue weighted by molar-refractivity contribution is -0.137. The highest BCUT2D eigenvalue weighted by molar-refractivity contribution is 5.81. The van der Waals surface area contributed by atoms with Crippen molar-refractivity contribution in [1.82, 2.24) is 4.90 Å². The summed E-state index contributed by atoms with van der Waals surface area (Å²) in [6, 6.07) is -0.770. The van der Waals surface area contributed by atoms with Crippen LogP contribution in [0, 0.1) is 0 Å². The molecule has 1 rings (SSSR count). The first kappa shape index (κ1) is 14.3. The van der Waals surface area contributed by atoms with E-state index in [2.05, 4.69) is 0 Å². The molecule has 1 heterocycles. The largest absolute Gasteiger partial charge is 0.378 e. The number of carbonyl (C=O) groups is 1. The number of halogens is 1. The van der Waals surface area contributed by atoms with Gasteiger partial charge in [0.25, 0.3) is 0 Å². The third kappa shape index (κ3) is 3.90. The van der Waals surface area contributed by atoms with Crippen LogP contribution in [-0.4, -0.2) is 55.4 Å². The van der Waals surface area contributed by atoms with Crippen LogP contribution in [0.25, 0.3) is 0 Å². The van der Waals surface area contributed by atoms with E-state index >= 15 is 0 Å². The molecule has 0 spiro atoms. The van der Waals surface area contributed by atoms with Gasteiger partial charge in [0.2, 0.25) is 5.91 Å². The van der Waals surface area contributed by atoms with Crippen LogP contribution in [0.2, 0.25) is 0 Å². The first-order valence-electron chi connectivity index (χ1n) is 5.92. The van der Waals surface area contributed by atoms with Gasteiger partial charge in [0.05, 0.1) is 18.7 Å². The molecule has 1 fully saturated rings. The van der Waals surface area contributed by atoms with E-state index in [0.29, 0.717) is 19.4 Å². The van der Waals surface area contributed by atoms with Crippen molar-refractivity contribution in [2.24, 2.45) is 11.5 Å². The average molecular weight is 247 g/mol. The maximum atomic E-state index is 13.6. The standard InChI is InChI=1S/C11H22FN3O2/c1-7(13)5-9(14)11(16)15-4-3-10(17-2)8(12)6-15/h7-10H,3-6,13-14H2,1-2H3/t7?,8-,9?,10+/m1/s1. The third-order valence-corrected chi connectivity index (χ3v) is 3.04. The predicted molar refractivity (Wildman–Crippen MR) is 63.1 cm³/mol. The molecule has 0 aliphatic carbocycles. The molecule has 0 radical (unpaired) electrons. The summed E-state index contributed by atoms with van der Waals surface area (Å²) in [5.41, 5.74) is 11.3. The van der Waals surface area contributed by atoms with Crippen molar-refractivity contribution in [2.75, 3.05) is 20.2 Å². The number of hydrogen-bond acceptors (Lipinski definition) is 4. The molecule has 2 unspecified atom stereocenters. The number of methoxy groups -OCH3 is 1. The summed E-state index contributed by atoms with van der Waals surface area (Å²) in [5.74, 6) is -0.223. The van der Waals surface area contributed by atoms with E-state index in [9.17, 15) is 9.18 Å². The Bertz CT molecular complexity index is 263. The Morgan fingerprint density at radius 2 is 2.24 bits per heavy atom. The number of nitrogens with zero attached hydrogens (tertiary/aromatic N) is 1. The van der Waals surface area contributed by atoms with Crippen LogP contribution in [0.15, 0.2) is 0 Å². The van der Waals surface area contributed by atoms with Crippen molar-refractivity contribution >= 4 is 5.91 Å². The van der Waals surface area contributed by atoms with Gasteiger partial charge < -0.3 is 21.1 Å². The zero-order valence-electron chi connectivity index (χ0n) is 10.4. The smallest absolute Gasteiger partial charge is 0.239 e. The Balaban J connectivity index is 2.49. The van der Waals surface area contributed by atoms with Crippen molar-refractivity contribution in [3.63, 3.8) is 0 Å². The van der Waals surface area contributed by atoms with E-state index in [-0.39, 0.29) is 18.5 Å². The maximum Gasteiger partial charge on any atom is 0.239 e. The van der Waals surface area contributed by atoms with Crippen LogP contribution in [0.5, 0.6) is 0 Å². The van der Waals surface area contributed by atoms with Gasteiger partial charge in [0, 0.05) is 19.7 Å². The molecule has 0 aromatic rings. The van der Waals surface area contributed by atoms with Gasteiger partial charge in [0.1, 0.15) is 6.17 Å². The third-order valence-electron chi connectivity index (χ3n) is 3.04. The van der Waals surface area contributed by atoms with Crippen LogP contribution in [-0.2, 0) is 9.53 Å². The van der Waals surface area contributed by atoms with Gasteiger partial charge >= 0.3 is 0 Å². The number of amides is 1. The molecular weight excluding hydrogens is 225 g/mol. The van der Waals surface area contributed by atoms with Crippen molar-refractivity contribution in [2.45, 2.75) is 44.1 Å². The molecule has 4 atom stereocenters. The Labute approximate surface area is 101 Å². The lowest BCUT2D eigenvalue weighted by Gasteiger charge is -2.35. The minimum Gasteiger partial charge on any atom is -0.378 e. The summed E-state index contributed by atoms with van der Waals surface area (Å²) in [5, 5.41) is 0. The van der Waals surface area contributed by atoms with E-state index < -0.39 is 18.3 Å². The number of rotatable bonds is 4. The van der Waals surface area contributed by atoms with Gasteiger partial charge in [0.15, 0.2) is 0 Å². The van der Waals surface area contributed by atoms with E-state index in [1.54, 1.807) is 6.92 Å². The molecule has 0 bridgehead atoms. The van der Waals surface area contributed by atoms with Crippen LogP contribution < -0.4 is 11.5 Å². The molecule has 1 aliphatic heterocycles. The SMILES string of the molecule is CO[C@H]1CCN(C(=O)C(N)CC(C)N)C[C@H]1F. The van der Waals surface area contributed by atoms with E-state index in [0.717, 1.165) is 0 Å². The van der Waals surface area contributed by atoms with Gasteiger partial charge in [-0.25, -0.2) is 4.39 Å². The van der Waals surface area contributed by atoms with E-state index in [4.69, 9.17) is 16.2 Å². The summed E-state index contributed by atoms with van der Waals surface area (Å²) >= 11 is 0. The van der Waals surface area contributed by atoms with Crippen LogP contribution in [0.4, 0.5) is 4.39 Å². The highest BCUT2D eigenvalue weighted by Gasteiger charge is 2.33. The molecule has 1 saturated heterocycles. The maximum absolute atomic E-state index is 13.6. The zero-order valence-corrected chi connectivity index (χ0v) is 10.4. The molecule has 4 N–H and O–H groups in total. The molecule has 1 amide bonds. The minimum absolute atomic E-state index is 0.0595. The van der Waals surface area contributed by atoms with Crippen LogP contribution in [0.3, 0.4) is 0 Å². The highest BCUT2D eigenvalue weighted by Crippen LogP contribution is 2.17. The Hall–Kier alpha value is -0.720. The number of alkyl halides is 1. The number of likely N-dealkylation sites (tertiary alicyclic amines) is 1. The second-order valence-electron chi connectivity index (χ2n) is 4.68. The fourth-order valence-corrected chi connectivity index (χ4v) is 2.08. The summed E-state index contributed by atoms with van der Waals surface area (Å²) < 4.78 is 18.6. The average Bonchev–Trinajstić information content (AvgIpc) is 2.27. The normalized spacial score (nSPS) is 28.9. The summed E-state index contributed by atoms with van der Waals surface area (Å²) in [6.07, 6.45) is -0.627. The van der Waals surface area contributed by atoms with Gasteiger partial charge in [-0.1, -0.05) is 0 Å². The lowest BCUT2D eigenvalue weighted by Crippen LogP contribution is -2.53. The number of carbonyl (C=O) groups excluding carboxylic acids is 1. The van der Waals surface area contributed by atoms with E-state index in [1.807, 2.05) is 0 Å². The highest BCUT2D eigenvalue weighted by atomic mass is 19.1. The topological polar surface area (TPSA) is 81.6 Å². The van der Waals surface area contributed by atoms with Gasteiger partial charge in [-0.05, 0) is 19.8 Å². The fourth-order valence-electron chi connectivity index (χ4n) is 2.08. The Morgan fingerprint density at radius 1 is 1.59 bits per heavy atom. The van der Waals surface area contributed by atoms with Crippen molar-refractivity contribution in [1.29, 1.82) is 0 Å². The summed E-state index contributed by atoms with van der Waals surface area (Å²) in [4.78, 5) is 13.4. The number of ether oxygens (including phenoxy) is 1. The summed E-state index contributed by atoms with van der Waals surface area (Å²) in [7, 11) is 1.48. The van der Waals surface area contributed by atoms with Crippen LogP contribution >= 0.6 is 0 Å². The number of hydrogen-bond donors (Lipinski definition) is 2. The lowest BCUT2D eigenvalue weighted by atomic mass is 10.0. The number of nitrogens with two attached hydrogens (primary N) is 2. The molecule has 100 valence electrons. The molecule has 6 heteroatoms. The minimum atomic E-state index is -1.14. The molecule has 0 aromatic carbocycles. The molecule has 1 aliphatic rings. The second-order valence-corrected chi connectivity index (χ2v) is 4.68. The number of piperidine rings is 1.